The van der Waals surface area contributed by atoms with E-state index in [9.17, 15) is 14.7 Å². The zero-order chi connectivity index (χ0) is 31.4. The molecule has 44 heavy (non-hydrogen) atoms. The first-order valence-corrected chi connectivity index (χ1v) is 17.1. The summed E-state index contributed by atoms with van der Waals surface area (Å²) in [6.45, 7) is 8.40. The largest absolute Gasteiger partial charge is 0.503 e. The van der Waals surface area contributed by atoms with Crippen LogP contribution >= 0.6 is 46.0 Å². The van der Waals surface area contributed by atoms with Crippen LogP contribution < -0.4 is 14.4 Å². The van der Waals surface area contributed by atoms with Gasteiger partial charge in [0.2, 0.25) is 10.9 Å². The number of benzene rings is 2. The van der Waals surface area contributed by atoms with Crippen molar-refractivity contribution in [1.82, 2.24) is 15.2 Å². The molecule has 4 aromatic rings. The number of hydrogen-bond donors (Lipinski definition) is 1. The third kappa shape index (κ3) is 6.63. The second kappa shape index (κ2) is 14.1. The van der Waals surface area contributed by atoms with E-state index in [0.29, 0.717) is 61.0 Å². The summed E-state index contributed by atoms with van der Waals surface area (Å²) in [4.78, 5) is 33.8. The molecule has 1 N–H and O–H groups in total. The molecule has 1 aliphatic heterocycles. The molecule has 230 valence electrons. The van der Waals surface area contributed by atoms with Crippen LogP contribution in [0.4, 0.5) is 5.13 Å². The minimum absolute atomic E-state index is 0.0516. The van der Waals surface area contributed by atoms with Crippen molar-refractivity contribution in [2.24, 2.45) is 0 Å². The normalized spacial score (nSPS) is 14.9. The summed E-state index contributed by atoms with van der Waals surface area (Å²) in [7, 11) is 0. The number of anilines is 1. The lowest BCUT2D eigenvalue weighted by Gasteiger charge is -2.25. The Hall–Kier alpha value is -3.45. The number of amides is 1. The zero-order valence-corrected chi connectivity index (χ0v) is 27.8. The first-order chi connectivity index (χ1) is 21.2. The second-order valence-electron chi connectivity index (χ2n) is 9.89. The van der Waals surface area contributed by atoms with Crippen molar-refractivity contribution in [1.29, 1.82) is 0 Å². The lowest BCUT2D eigenvalue weighted by atomic mass is 9.95. The number of nitrogens with zero attached hydrogens (tertiary/aromatic N) is 4. The quantitative estimate of drug-likeness (QED) is 0.0655. The second-order valence-corrected chi connectivity index (χ2v) is 13.7. The lowest BCUT2D eigenvalue weighted by molar-refractivity contribution is -0.117. The van der Waals surface area contributed by atoms with Crippen molar-refractivity contribution >= 4 is 62.9 Å². The van der Waals surface area contributed by atoms with Crippen molar-refractivity contribution in [3.63, 3.8) is 0 Å². The molecule has 0 saturated carbocycles. The highest BCUT2D eigenvalue weighted by molar-refractivity contribution is 8.00. The molecular weight excluding hydrogens is 640 g/mol. The van der Waals surface area contributed by atoms with Gasteiger partial charge in [0.15, 0.2) is 21.6 Å². The van der Waals surface area contributed by atoms with Gasteiger partial charge in [-0.05, 0) is 56.5 Å². The number of carbonyl (C=O) groups is 2. The maximum absolute atomic E-state index is 14.0. The number of Topliss-reactive ketones (excluding diaryl/α,β-unsaturated/α-hetero) is 1. The molecule has 0 aliphatic carbocycles. The number of ketones is 1. The zero-order valence-electron chi connectivity index (χ0n) is 24.6. The van der Waals surface area contributed by atoms with Gasteiger partial charge in [-0.25, -0.2) is 4.98 Å². The average Bonchev–Trinajstić information content (AvgIpc) is 3.68. The molecule has 13 heteroatoms. The van der Waals surface area contributed by atoms with E-state index in [-0.39, 0.29) is 10.7 Å². The number of hydrogen-bond acceptors (Lipinski definition) is 11. The van der Waals surface area contributed by atoms with Crippen molar-refractivity contribution in [3.8, 4) is 11.5 Å². The van der Waals surface area contributed by atoms with Crippen molar-refractivity contribution < 1.29 is 24.2 Å². The molecule has 9 nitrogen and oxygen atoms in total. The highest BCUT2D eigenvalue weighted by Gasteiger charge is 2.47. The highest BCUT2D eigenvalue weighted by Crippen LogP contribution is 2.46. The van der Waals surface area contributed by atoms with Gasteiger partial charge in [-0.15, -0.1) is 21.5 Å². The number of thioether (sulfide) groups is 1. The minimum Gasteiger partial charge on any atom is -0.503 e. The van der Waals surface area contributed by atoms with Crippen molar-refractivity contribution in [2.45, 2.75) is 56.7 Å². The van der Waals surface area contributed by atoms with Gasteiger partial charge in [0, 0.05) is 10.8 Å². The first-order valence-electron chi connectivity index (χ1n) is 14.1. The SMILES string of the molecule is CCCCOc1ccc(C2C(C(=O)c3sc(C)nc3C)=C(O)C(=O)N2c2nnc(SCc3ccccc3Cl)s2)cc1OCC. The summed E-state index contributed by atoms with van der Waals surface area (Å²) >= 11 is 10.2. The molecule has 2 aromatic heterocycles. The number of unbranched alkanes of at least 4 members (excludes halogenated alkanes) is 1. The van der Waals surface area contributed by atoms with Gasteiger partial charge in [0.25, 0.3) is 5.91 Å². The number of aryl methyl sites for hydroxylation is 2. The van der Waals surface area contributed by atoms with Crippen LogP contribution in [0.25, 0.3) is 0 Å². The Bertz CT molecular complexity index is 1720. The molecule has 0 spiro atoms. The molecule has 0 saturated heterocycles. The smallest absolute Gasteiger partial charge is 0.296 e. The summed E-state index contributed by atoms with van der Waals surface area (Å²) < 4.78 is 12.5. The predicted molar refractivity (Wildman–Crippen MR) is 175 cm³/mol. The molecule has 1 atom stereocenters. The number of aromatic nitrogens is 3. The maximum atomic E-state index is 14.0. The van der Waals surface area contributed by atoms with Crippen LogP contribution in [-0.4, -0.2) is 45.2 Å². The van der Waals surface area contributed by atoms with Crippen LogP contribution in [0.3, 0.4) is 0 Å². The van der Waals surface area contributed by atoms with E-state index < -0.39 is 23.5 Å². The molecule has 5 rings (SSSR count). The fraction of sp³-hybridized carbons (Fsp3) is 0.323. The predicted octanol–water partition coefficient (Wildman–Crippen LogP) is 7.92. The van der Waals surface area contributed by atoms with E-state index >= 15 is 0 Å². The Morgan fingerprint density at radius 2 is 1.89 bits per heavy atom. The van der Waals surface area contributed by atoms with Gasteiger partial charge in [0.05, 0.1) is 40.4 Å². The van der Waals surface area contributed by atoms with Gasteiger partial charge in [-0.2, -0.15) is 0 Å². The van der Waals surface area contributed by atoms with E-state index in [1.165, 1.54) is 39.3 Å². The van der Waals surface area contributed by atoms with E-state index in [0.717, 1.165) is 18.4 Å². The summed E-state index contributed by atoms with van der Waals surface area (Å²) in [5, 5.41) is 21.5. The van der Waals surface area contributed by atoms with Crippen LogP contribution in [-0.2, 0) is 10.5 Å². The maximum Gasteiger partial charge on any atom is 0.296 e. The van der Waals surface area contributed by atoms with Crippen LogP contribution in [0.2, 0.25) is 5.02 Å². The Labute approximate surface area is 272 Å². The Balaban J connectivity index is 1.55. The number of aliphatic hydroxyl groups is 1. The fourth-order valence-corrected chi connectivity index (χ4v) is 7.76. The first kappa shape index (κ1) is 32.0. The number of ether oxygens (including phenoxy) is 2. The van der Waals surface area contributed by atoms with Crippen LogP contribution in [0.1, 0.15) is 64.2 Å². The number of halogens is 1. The summed E-state index contributed by atoms with van der Waals surface area (Å²) in [5.74, 6) is -0.246. The lowest BCUT2D eigenvalue weighted by Crippen LogP contribution is -2.31. The number of rotatable bonds is 13. The highest BCUT2D eigenvalue weighted by atomic mass is 35.5. The molecule has 0 bridgehead atoms. The summed E-state index contributed by atoms with van der Waals surface area (Å²) in [5.41, 5.74) is 1.98. The van der Waals surface area contributed by atoms with E-state index in [2.05, 4.69) is 22.1 Å². The molecule has 3 heterocycles. The average molecular weight is 671 g/mol. The molecule has 1 aliphatic rings. The van der Waals surface area contributed by atoms with Gasteiger partial charge < -0.3 is 14.6 Å². The molecule has 1 unspecified atom stereocenters. The van der Waals surface area contributed by atoms with Crippen molar-refractivity contribution in [3.05, 3.63) is 85.5 Å². The van der Waals surface area contributed by atoms with Gasteiger partial charge in [-0.1, -0.05) is 72.3 Å². The third-order valence-electron chi connectivity index (χ3n) is 6.81. The Morgan fingerprint density at radius 1 is 1.09 bits per heavy atom. The molecule has 0 fully saturated rings. The number of carbonyl (C=O) groups excluding carboxylic acids is 2. The fourth-order valence-electron chi connectivity index (χ4n) is 4.74. The number of aliphatic hydroxyl groups excluding tert-OH is 1. The summed E-state index contributed by atoms with van der Waals surface area (Å²) in [6, 6.07) is 11.8. The van der Waals surface area contributed by atoms with Gasteiger partial charge in [0.1, 0.15) is 0 Å². The number of thiazole rings is 1. The van der Waals surface area contributed by atoms with Crippen LogP contribution in [0.15, 0.2) is 58.1 Å². The van der Waals surface area contributed by atoms with Crippen LogP contribution in [0.5, 0.6) is 11.5 Å². The summed E-state index contributed by atoms with van der Waals surface area (Å²) in [6.07, 6.45) is 1.86. The minimum atomic E-state index is -0.991. The topological polar surface area (TPSA) is 115 Å². The molecule has 2 aromatic carbocycles. The monoisotopic (exact) mass is 670 g/mol. The molecule has 1 amide bonds. The standard InChI is InChI=1S/C31H31ClN4O5S3/c1-5-7-14-41-22-13-12-19(15-23(22)40-6-2)25-24(26(37)28-17(3)33-18(4)43-28)27(38)29(39)36(25)30-34-35-31(44-30)42-16-20-10-8-9-11-21(20)32/h8-13,15,25,38H,5-7,14,16H2,1-4H3. The molecular formula is C31H31ClN4O5S3. The van der Waals surface area contributed by atoms with Gasteiger partial charge >= 0.3 is 0 Å². The van der Waals surface area contributed by atoms with E-state index in [4.69, 9.17) is 21.1 Å². The molecule has 0 radical (unpaired) electrons. The third-order valence-corrected chi connectivity index (χ3v) is 10.4. The van der Waals surface area contributed by atoms with E-state index in [1.54, 1.807) is 32.0 Å². The van der Waals surface area contributed by atoms with Crippen molar-refractivity contribution in [2.75, 3.05) is 18.1 Å². The van der Waals surface area contributed by atoms with Gasteiger partial charge in [-0.3, -0.25) is 14.5 Å². The Kier molecular flexibility index (Phi) is 10.2. The Morgan fingerprint density at radius 3 is 2.59 bits per heavy atom. The van der Waals surface area contributed by atoms with E-state index in [1.807, 2.05) is 31.2 Å². The van der Waals surface area contributed by atoms with Crippen LogP contribution in [0, 0.1) is 13.8 Å².